The van der Waals surface area contributed by atoms with Gasteiger partial charge in [0.25, 0.3) is 10.0 Å². The summed E-state index contributed by atoms with van der Waals surface area (Å²) >= 11 is 0. The molecule has 0 aromatic heterocycles. The van der Waals surface area contributed by atoms with E-state index in [9.17, 15) is 17.6 Å². The van der Waals surface area contributed by atoms with E-state index in [-0.39, 0.29) is 22.9 Å². The number of anilines is 1. The van der Waals surface area contributed by atoms with Crippen LogP contribution in [0.4, 0.5) is 10.1 Å². The number of carbonyl (C=O) groups excluding carboxylic acids is 1. The lowest BCUT2D eigenvalue weighted by Crippen LogP contribution is -2.40. The average Bonchev–Trinajstić information content (AvgIpc) is 2.82. The van der Waals surface area contributed by atoms with E-state index in [0.29, 0.717) is 17.1 Å². The molecule has 3 aromatic rings. The first-order valence-electron chi connectivity index (χ1n) is 9.66. The molecule has 0 heterocycles. The molecule has 0 unspecified atom stereocenters. The summed E-state index contributed by atoms with van der Waals surface area (Å²) in [6.45, 7) is -0.350. The Morgan fingerprint density at radius 1 is 0.938 bits per heavy atom. The van der Waals surface area contributed by atoms with Crippen LogP contribution in [-0.4, -0.2) is 35.1 Å². The Labute approximate surface area is 186 Å². The van der Waals surface area contributed by atoms with Crippen molar-refractivity contribution in [3.05, 3.63) is 84.2 Å². The van der Waals surface area contributed by atoms with Gasteiger partial charge in [0.15, 0.2) is 0 Å². The zero-order chi connectivity index (χ0) is 23.1. The zero-order valence-electron chi connectivity index (χ0n) is 17.6. The number of methoxy groups -OCH3 is 2. The van der Waals surface area contributed by atoms with Gasteiger partial charge in [0.1, 0.15) is 23.9 Å². The Bertz CT molecular complexity index is 1170. The van der Waals surface area contributed by atoms with Crippen LogP contribution in [-0.2, 0) is 21.4 Å². The maximum Gasteiger partial charge on any atom is 0.264 e. The molecule has 0 bridgehead atoms. The van der Waals surface area contributed by atoms with Gasteiger partial charge in [-0.15, -0.1) is 0 Å². The zero-order valence-corrected chi connectivity index (χ0v) is 18.4. The second-order valence-electron chi connectivity index (χ2n) is 6.76. The summed E-state index contributed by atoms with van der Waals surface area (Å²) in [6.07, 6.45) is 0. The van der Waals surface area contributed by atoms with Gasteiger partial charge in [0.2, 0.25) is 5.91 Å². The molecule has 7 nitrogen and oxygen atoms in total. The van der Waals surface area contributed by atoms with E-state index >= 15 is 0 Å². The van der Waals surface area contributed by atoms with Crippen LogP contribution in [0.5, 0.6) is 11.5 Å². The van der Waals surface area contributed by atoms with E-state index in [1.807, 2.05) is 0 Å². The van der Waals surface area contributed by atoms with E-state index in [2.05, 4.69) is 5.32 Å². The fourth-order valence-electron chi connectivity index (χ4n) is 3.00. The third kappa shape index (κ3) is 5.36. The first-order chi connectivity index (χ1) is 15.3. The normalized spacial score (nSPS) is 11.0. The number of rotatable bonds is 9. The van der Waals surface area contributed by atoms with Gasteiger partial charge >= 0.3 is 0 Å². The van der Waals surface area contributed by atoms with E-state index in [1.165, 1.54) is 50.6 Å². The molecular formula is C23H23FN2O5S. The highest BCUT2D eigenvalue weighted by atomic mass is 32.2. The predicted octanol–water partition coefficient (Wildman–Crippen LogP) is 3.35. The molecule has 3 aromatic carbocycles. The molecule has 1 amide bonds. The number of carbonyl (C=O) groups is 1. The van der Waals surface area contributed by atoms with Crippen molar-refractivity contribution in [2.24, 2.45) is 0 Å². The Morgan fingerprint density at radius 3 is 2.22 bits per heavy atom. The summed E-state index contributed by atoms with van der Waals surface area (Å²) in [4.78, 5) is 12.7. The number of benzene rings is 3. The lowest BCUT2D eigenvalue weighted by atomic mass is 10.2. The van der Waals surface area contributed by atoms with Crippen molar-refractivity contribution in [1.82, 2.24) is 5.32 Å². The Morgan fingerprint density at radius 2 is 1.59 bits per heavy atom. The lowest BCUT2D eigenvalue weighted by Gasteiger charge is -2.25. The highest BCUT2D eigenvalue weighted by Gasteiger charge is 2.29. The van der Waals surface area contributed by atoms with Gasteiger partial charge < -0.3 is 14.8 Å². The highest BCUT2D eigenvalue weighted by molar-refractivity contribution is 7.92. The highest BCUT2D eigenvalue weighted by Crippen LogP contribution is 2.32. The van der Waals surface area contributed by atoms with Crippen molar-refractivity contribution in [3.8, 4) is 11.5 Å². The van der Waals surface area contributed by atoms with Crippen molar-refractivity contribution in [2.45, 2.75) is 11.4 Å². The number of hydrogen-bond acceptors (Lipinski definition) is 5. The molecule has 0 radical (unpaired) electrons. The standard InChI is InChI=1S/C23H23FN2O5S/c1-30-19-11-13-20(14-12-19)32(28,29)26(21-5-3-4-6-22(21)31-2)16-23(27)25-15-17-7-9-18(24)10-8-17/h3-14H,15-16H2,1-2H3,(H,25,27). The number of nitrogens with one attached hydrogen (secondary N) is 1. The fourth-order valence-corrected chi connectivity index (χ4v) is 4.43. The maximum atomic E-state index is 13.5. The molecule has 1 N–H and O–H groups in total. The Kier molecular flexibility index (Phi) is 7.32. The van der Waals surface area contributed by atoms with E-state index in [0.717, 1.165) is 4.31 Å². The first kappa shape index (κ1) is 23.1. The van der Waals surface area contributed by atoms with Crippen LogP contribution in [0, 0.1) is 5.82 Å². The Balaban J connectivity index is 1.89. The number of amides is 1. The summed E-state index contributed by atoms with van der Waals surface area (Å²) < 4.78 is 51.4. The van der Waals surface area contributed by atoms with Gasteiger partial charge in [0, 0.05) is 6.54 Å². The number of sulfonamides is 1. The molecule has 168 valence electrons. The van der Waals surface area contributed by atoms with E-state index in [1.54, 1.807) is 36.4 Å². The molecule has 0 aliphatic rings. The van der Waals surface area contributed by atoms with Gasteiger partial charge in [-0.1, -0.05) is 24.3 Å². The smallest absolute Gasteiger partial charge is 0.264 e. The summed E-state index contributed by atoms with van der Waals surface area (Å²) in [5.74, 6) is -0.105. The van der Waals surface area contributed by atoms with Crippen molar-refractivity contribution in [2.75, 3.05) is 25.1 Å². The molecule has 0 aliphatic heterocycles. The lowest BCUT2D eigenvalue weighted by molar-refractivity contribution is -0.119. The van der Waals surface area contributed by atoms with Gasteiger partial charge in [-0.3, -0.25) is 9.10 Å². The number of para-hydroxylation sites is 2. The number of halogens is 1. The minimum absolute atomic E-state index is 0.00413. The fraction of sp³-hybridized carbons (Fsp3) is 0.174. The van der Waals surface area contributed by atoms with Gasteiger partial charge in [0.05, 0.1) is 24.8 Å². The summed E-state index contributed by atoms with van der Waals surface area (Å²) in [5.41, 5.74) is 0.907. The average molecular weight is 459 g/mol. The quantitative estimate of drug-likeness (QED) is 0.532. The van der Waals surface area contributed by atoms with E-state index < -0.39 is 22.5 Å². The minimum Gasteiger partial charge on any atom is -0.497 e. The molecule has 0 aliphatic carbocycles. The predicted molar refractivity (Wildman–Crippen MR) is 119 cm³/mol. The summed E-state index contributed by atoms with van der Waals surface area (Å²) in [5, 5.41) is 2.67. The third-order valence-electron chi connectivity index (χ3n) is 4.69. The molecule has 3 rings (SSSR count). The van der Waals surface area contributed by atoms with Crippen molar-refractivity contribution < 1.29 is 27.1 Å². The van der Waals surface area contributed by atoms with Crippen LogP contribution < -0.4 is 19.1 Å². The molecule has 0 saturated heterocycles. The monoisotopic (exact) mass is 458 g/mol. The topological polar surface area (TPSA) is 84.9 Å². The molecule has 0 spiro atoms. The SMILES string of the molecule is COc1ccc(S(=O)(=O)N(CC(=O)NCc2ccc(F)cc2)c2ccccc2OC)cc1. The number of hydrogen-bond donors (Lipinski definition) is 1. The third-order valence-corrected chi connectivity index (χ3v) is 6.47. The minimum atomic E-state index is -4.11. The molecule has 0 saturated carbocycles. The first-order valence-corrected chi connectivity index (χ1v) is 11.1. The van der Waals surface area contributed by atoms with Gasteiger partial charge in [-0.05, 0) is 54.1 Å². The van der Waals surface area contributed by atoms with Crippen molar-refractivity contribution in [3.63, 3.8) is 0 Å². The van der Waals surface area contributed by atoms with Crippen LogP contribution >= 0.6 is 0 Å². The van der Waals surface area contributed by atoms with Crippen molar-refractivity contribution >= 4 is 21.6 Å². The molecular weight excluding hydrogens is 435 g/mol. The maximum absolute atomic E-state index is 13.5. The van der Waals surface area contributed by atoms with Crippen LogP contribution in [0.25, 0.3) is 0 Å². The summed E-state index contributed by atoms with van der Waals surface area (Å²) in [6, 6.07) is 18.1. The molecule has 0 atom stereocenters. The van der Waals surface area contributed by atoms with Crippen LogP contribution in [0.2, 0.25) is 0 Å². The molecule has 9 heteroatoms. The second kappa shape index (κ2) is 10.1. The summed E-state index contributed by atoms with van der Waals surface area (Å²) in [7, 11) is -1.20. The largest absolute Gasteiger partial charge is 0.497 e. The van der Waals surface area contributed by atoms with Crippen LogP contribution in [0.3, 0.4) is 0 Å². The van der Waals surface area contributed by atoms with Gasteiger partial charge in [-0.2, -0.15) is 0 Å². The van der Waals surface area contributed by atoms with Crippen LogP contribution in [0.15, 0.2) is 77.7 Å². The number of nitrogens with zero attached hydrogens (tertiary/aromatic N) is 1. The van der Waals surface area contributed by atoms with Gasteiger partial charge in [-0.25, -0.2) is 12.8 Å². The molecule has 0 fully saturated rings. The van der Waals surface area contributed by atoms with Crippen LogP contribution in [0.1, 0.15) is 5.56 Å². The van der Waals surface area contributed by atoms with E-state index in [4.69, 9.17) is 9.47 Å². The second-order valence-corrected chi connectivity index (χ2v) is 8.62. The number of ether oxygens (including phenoxy) is 2. The Hall–Kier alpha value is -3.59. The van der Waals surface area contributed by atoms with Crippen molar-refractivity contribution in [1.29, 1.82) is 0 Å². The molecule has 32 heavy (non-hydrogen) atoms.